The first-order valence-electron chi connectivity index (χ1n) is 7.29. The smallest absolute Gasteiger partial charge is 0.317 e. The zero-order valence-corrected chi connectivity index (χ0v) is 13.1. The maximum atomic E-state index is 12.0. The van der Waals surface area contributed by atoms with Gasteiger partial charge in [-0.25, -0.2) is 4.79 Å². The summed E-state index contributed by atoms with van der Waals surface area (Å²) < 4.78 is 5.68. The third-order valence-corrected chi connectivity index (χ3v) is 3.12. The van der Waals surface area contributed by atoms with Gasteiger partial charge in [0.1, 0.15) is 5.75 Å². The topological polar surface area (TPSA) is 41.6 Å². The van der Waals surface area contributed by atoms with Crippen LogP contribution in [0.25, 0.3) is 0 Å². The molecule has 2 amide bonds. The SMILES string of the molecule is CCN(CC)C(=O)NC(C)c1cccc(OC(C)C)c1. The second-order valence-electron chi connectivity index (χ2n) is 5.08. The molecule has 0 heterocycles. The molecule has 0 fully saturated rings. The Morgan fingerprint density at radius 3 is 2.45 bits per heavy atom. The number of urea groups is 1. The van der Waals surface area contributed by atoms with Crippen LogP contribution in [0.4, 0.5) is 4.79 Å². The summed E-state index contributed by atoms with van der Waals surface area (Å²) in [6.45, 7) is 11.4. The molecule has 4 nitrogen and oxygen atoms in total. The molecule has 1 N–H and O–H groups in total. The van der Waals surface area contributed by atoms with E-state index in [9.17, 15) is 4.79 Å². The molecule has 0 aliphatic heterocycles. The van der Waals surface area contributed by atoms with E-state index in [1.54, 1.807) is 4.90 Å². The van der Waals surface area contributed by atoms with E-state index < -0.39 is 0 Å². The molecule has 0 aliphatic carbocycles. The fraction of sp³-hybridized carbons (Fsp3) is 0.562. The van der Waals surface area contributed by atoms with Crippen molar-refractivity contribution in [1.82, 2.24) is 10.2 Å². The molecule has 0 saturated carbocycles. The molecule has 4 heteroatoms. The average Bonchev–Trinajstić information content (AvgIpc) is 2.39. The number of carbonyl (C=O) groups is 1. The van der Waals surface area contributed by atoms with E-state index in [2.05, 4.69) is 5.32 Å². The first-order valence-corrected chi connectivity index (χ1v) is 7.29. The minimum Gasteiger partial charge on any atom is -0.491 e. The Hall–Kier alpha value is -1.71. The summed E-state index contributed by atoms with van der Waals surface area (Å²) in [5.41, 5.74) is 1.05. The molecule has 0 bridgehead atoms. The second-order valence-corrected chi connectivity index (χ2v) is 5.08. The second kappa shape index (κ2) is 7.78. The van der Waals surface area contributed by atoms with Crippen LogP contribution in [-0.4, -0.2) is 30.1 Å². The third kappa shape index (κ3) is 4.76. The number of ether oxygens (including phenoxy) is 1. The molecule has 0 aromatic heterocycles. The van der Waals surface area contributed by atoms with Crippen LogP contribution >= 0.6 is 0 Å². The van der Waals surface area contributed by atoms with Crippen molar-refractivity contribution in [2.45, 2.75) is 46.8 Å². The van der Waals surface area contributed by atoms with Gasteiger partial charge in [-0.1, -0.05) is 12.1 Å². The zero-order valence-electron chi connectivity index (χ0n) is 13.1. The van der Waals surface area contributed by atoms with Gasteiger partial charge in [0, 0.05) is 13.1 Å². The molecule has 112 valence electrons. The Kier molecular flexibility index (Phi) is 6.36. The summed E-state index contributed by atoms with van der Waals surface area (Å²) in [4.78, 5) is 13.8. The molecule has 1 aromatic rings. The average molecular weight is 278 g/mol. The predicted molar refractivity (Wildman–Crippen MR) is 82.1 cm³/mol. The van der Waals surface area contributed by atoms with Crippen molar-refractivity contribution in [3.05, 3.63) is 29.8 Å². The fourth-order valence-electron chi connectivity index (χ4n) is 2.00. The van der Waals surface area contributed by atoms with Crippen molar-refractivity contribution < 1.29 is 9.53 Å². The van der Waals surface area contributed by atoms with Gasteiger partial charge in [0.25, 0.3) is 0 Å². The summed E-state index contributed by atoms with van der Waals surface area (Å²) in [7, 11) is 0. The first-order chi connectivity index (χ1) is 9.47. The van der Waals surface area contributed by atoms with Crippen molar-refractivity contribution in [2.75, 3.05) is 13.1 Å². The van der Waals surface area contributed by atoms with Gasteiger partial charge in [0.2, 0.25) is 0 Å². The maximum absolute atomic E-state index is 12.0. The van der Waals surface area contributed by atoms with Crippen molar-refractivity contribution in [3.8, 4) is 5.75 Å². The van der Waals surface area contributed by atoms with Crippen molar-refractivity contribution in [1.29, 1.82) is 0 Å². The van der Waals surface area contributed by atoms with Crippen LogP contribution < -0.4 is 10.1 Å². The lowest BCUT2D eigenvalue weighted by atomic mass is 10.1. The number of benzene rings is 1. The van der Waals surface area contributed by atoms with Crippen LogP contribution in [0.1, 0.15) is 46.2 Å². The van der Waals surface area contributed by atoms with Crippen LogP contribution in [0, 0.1) is 0 Å². The van der Waals surface area contributed by atoms with E-state index in [0.717, 1.165) is 11.3 Å². The van der Waals surface area contributed by atoms with Gasteiger partial charge in [-0.05, 0) is 52.3 Å². The van der Waals surface area contributed by atoms with E-state index in [0.29, 0.717) is 13.1 Å². The number of rotatable bonds is 6. The third-order valence-electron chi connectivity index (χ3n) is 3.12. The van der Waals surface area contributed by atoms with Crippen LogP contribution in [-0.2, 0) is 0 Å². The summed E-state index contributed by atoms with van der Waals surface area (Å²) in [5, 5.41) is 3.01. The molecule has 0 aliphatic rings. The summed E-state index contributed by atoms with van der Waals surface area (Å²) >= 11 is 0. The summed E-state index contributed by atoms with van der Waals surface area (Å²) in [6, 6.07) is 7.79. The zero-order chi connectivity index (χ0) is 15.1. The number of nitrogens with zero attached hydrogens (tertiary/aromatic N) is 1. The Bertz CT molecular complexity index is 428. The molecule has 1 rings (SSSR count). The highest BCUT2D eigenvalue weighted by Crippen LogP contribution is 2.20. The van der Waals surface area contributed by atoms with Crippen molar-refractivity contribution in [3.63, 3.8) is 0 Å². The predicted octanol–water partition coefficient (Wildman–Crippen LogP) is 3.59. The number of carbonyl (C=O) groups excluding carboxylic acids is 1. The lowest BCUT2D eigenvalue weighted by Crippen LogP contribution is -2.40. The maximum Gasteiger partial charge on any atom is 0.317 e. The quantitative estimate of drug-likeness (QED) is 0.864. The number of amides is 2. The standard InChI is InChI=1S/C16H26N2O2/c1-6-18(7-2)16(19)17-13(5)14-9-8-10-15(11-14)20-12(3)4/h8-13H,6-7H2,1-5H3,(H,17,19). The van der Waals surface area contributed by atoms with Crippen LogP contribution in [0.15, 0.2) is 24.3 Å². The van der Waals surface area contributed by atoms with Gasteiger partial charge in [-0.3, -0.25) is 0 Å². The first kappa shape index (κ1) is 16.3. The number of hydrogen-bond acceptors (Lipinski definition) is 2. The van der Waals surface area contributed by atoms with Gasteiger partial charge < -0.3 is 15.0 Å². The van der Waals surface area contributed by atoms with Gasteiger partial charge in [-0.2, -0.15) is 0 Å². The molecule has 1 unspecified atom stereocenters. The van der Waals surface area contributed by atoms with E-state index in [1.807, 2.05) is 58.9 Å². The van der Waals surface area contributed by atoms with E-state index >= 15 is 0 Å². The monoisotopic (exact) mass is 278 g/mol. The summed E-state index contributed by atoms with van der Waals surface area (Å²) in [5.74, 6) is 0.835. The Morgan fingerprint density at radius 2 is 1.90 bits per heavy atom. The number of hydrogen-bond donors (Lipinski definition) is 1. The normalized spacial score (nSPS) is 12.1. The molecular weight excluding hydrogens is 252 g/mol. The largest absolute Gasteiger partial charge is 0.491 e. The Balaban J connectivity index is 2.72. The van der Waals surface area contributed by atoms with Crippen LogP contribution in [0.3, 0.4) is 0 Å². The minimum absolute atomic E-state index is 0.0299. The molecule has 0 saturated heterocycles. The molecule has 1 atom stereocenters. The highest BCUT2D eigenvalue weighted by atomic mass is 16.5. The minimum atomic E-state index is -0.0428. The van der Waals surface area contributed by atoms with E-state index in [1.165, 1.54) is 0 Å². The molecule has 0 radical (unpaired) electrons. The Labute approximate surface area is 122 Å². The lowest BCUT2D eigenvalue weighted by Gasteiger charge is -2.23. The molecule has 20 heavy (non-hydrogen) atoms. The molecule has 1 aromatic carbocycles. The van der Waals surface area contributed by atoms with E-state index in [4.69, 9.17) is 4.74 Å². The number of nitrogens with one attached hydrogen (secondary N) is 1. The van der Waals surface area contributed by atoms with Gasteiger partial charge in [-0.15, -0.1) is 0 Å². The van der Waals surface area contributed by atoms with Crippen LogP contribution in [0.5, 0.6) is 5.75 Å². The fourth-order valence-corrected chi connectivity index (χ4v) is 2.00. The van der Waals surface area contributed by atoms with E-state index in [-0.39, 0.29) is 18.2 Å². The summed E-state index contributed by atoms with van der Waals surface area (Å²) in [6.07, 6.45) is 0.144. The lowest BCUT2D eigenvalue weighted by molar-refractivity contribution is 0.200. The Morgan fingerprint density at radius 1 is 1.25 bits per heavy atom. The van der Waals surface area contributed by atoms with Crippen LogP contribution in [0.2, 0.25) is 0 Å². The van der Waals surface area contributed by atoms with Crippen molar-refractivity contribution in [2.24, 2.45) is 0 Å². The van der Waals surface area contributed by atoms with Crippen molar-refractivity contribution >= 4 is 6.03 Å². The van der Waals surface area contributed by atoms with Gasteiger partial charge in [0.05, 0.1) is 12.1 Å². The highest BCUT2D eigenvalue weighted by Gasteiger charge is 2.14. The molecular formula is C16H26N2O2. The molecule has 0 spiro atoms. The highest BCUT2D eigenvalue weighted by molar-refractivity contribution is 5.74. The van der Waals surface area contributed by atoms with Gasteiger partial charge in [0.15, 0.2) is 0 Å². The van der Waals surface area contributed by atoms with Gasteiger partial charge >= 0.3 is 6.03 Å².